The van der Waals surface area contributed by atoms with E-state index in [-0.39, 0.29) is 47.4 Å². The van der Waals surface area contributed by atoms with Gasteiger partial charge < -0.3 is 25.4 Å². The summed E-state index contributed by atoms with van der Waals surface area (Å²) >= 11 is 6.05. The summed E-state index contributed by atoms with van der Waals surface area (Å²) in [4.78, 5) is 36.4. The van der Waals surface area contributed by atoms with E-state index in [1.54, 1.807) is 25.1 Å². The van der Waals surface area contributed by atoms with Crippen molar-refractivity contribution in [3.05, 3.63) is 92.4 Å². The summed E-state index contributed by atoms with van der Waals surface area (Å²) < 4.78 is 1.23. The van der Waals surface area contributed by atoms with E-state index in [1.807, 2.05) is 30.3 Å². The molecular formula is C24H25ClN3NaO5. The van der Waals surface area contributed by atoms with Crippen LogP contribution in [-0.2, 0) is 18.3 Å². The van der Waals surface area contributed by atoms with Gasteiger partial charge in [-0.3, -0.25) is 9.59 Å². The zero-order chi connectivity index (χ0) is 24.1. The van der Waals surface area contributed by atoms with E-state index in [2.05, 4.69) is 10.6 Å². The fourth-order valence-corrected chi connectivity index (χ4v) is 3.75. The summed E-state index contributed by atoms with van der Waals surface area (Å²) in [5, 5.41) is 25.1. The molecule has 174 valence electrons. The van der Waals surface area contributed by atoms with E-state index in [0.29, 0.717) is 22.6 Å². The molecule has 0 aliphatic heterocycles. The van der Waals surface area contributed by atoms with E-state index >= 15 is 0 Å². The van der Waals surface area contributed by atoms with Gasteiger partial charge in [0, 0.05) is 23.8 Å². The SMILES string of the molecule is Cc1cn(C)c(=O)c(NC(=O)NC(CC(=O)O)c2cccc(Cc3cccc(Cl)c3)c2)c1O.[NaH]. The number of nitrogens with one attached hydrogen (secondary N) is 2. The fourth-order valence-electron chi connectivity index (χ4n) is 3.53. The molecule has 0 aliphatic carbocycles. The van der Waals surface area contributed by atoms with Crippen LogP contribution in [0.25, 0.3) is 0 Å². The first-order valence-electron chi connectivity index (χ1n) is 10.2. The Hall–Kier alpha value is -2.78. The van der Waals surface area contributed by atoms with Crippen LogP contribution in [0.5, 0.6) is 5.75 Å². The summed E-state index contributed by atoms with van der Waals surface area (Å²) in [6.07, 6.45) is 1.65. The van der Waals surface area contributed by atoms with Crippen LogP contribution in [0, 0.1) is 6.92 Å². The molecule has 0 saturated heterocycles. The zero-order valence-corrected chi connectivity index (χ0v) is 18.9. The number of amides is 2. The van der Waals surface area contributed by atoms with Gasteiger partial charge in [0.2, 0.25) is 0 Å². The second-order valence-corrected chi connectivity index (χ2v) is 8.19. The average molecular weight is 494 g/mol. The standard InChI is InChI=1S/C24H24ClN3O5.Na.H/c1-14-13-28(2)23(32)21(22(14)31)27-24(33)26-19(12-20(29)30)17-7-3-5-15(10-17)9-16-6-4-8-18(25)11-16;;/h3-8,10-11,13,19,31H,9,12H2,1-2H3,(H,29,30)(H2,26,27,33);;. The maximum absolute atomic E-state index is 12.6. The van der Waals surface area contributed by atoms with Gasteiger partial charge in [-0.15, -0.1) is 0 Å². The second-order valence-electron chi connectivity index (χ2n) is 7.75. The molecule has 0 fully saturated rings. The Morgan fingerprint density at radius 3 is 2.41 bits per heavy atom. The van der Waals surface area contributed by atoms with Gasteiger partial charge in [-0.05, 0) is 42.2 Å². The van der Waals surface area contributed by atoms with Crippen LogP contribution in [0.15, 0.2) is 59.5 Å². The number of carboxylic acids is 1. The Bertz CT molecular complexity index is 1260. The Morgan fingerprint density at radius 1 is 1.12 bits per heavy atom. The Balaban J connectivity index is 0.00000408. The zero-order valence-electron chi connectivity index (χ0n) is 18.1. The summed E-state index contributed by atoms with van der Waals surface area (Å²) in [5.74, 6) is -1.44. The third-order valence-electron chi connectivity index (χ3n) is 5.11. The molecule has 4 N–H and O–H groups in total. The number of pyridine rings is 1. The van der Waals surface area contributed by atoms with Gasteiger partial charge in [-0.2, -0.15) is 0 Å². The molecular weight excluding hydrogens is 469 g/mol. The van der Waals surface area contributed by atoms with Gasteiger partial charge in [0.05, 0.1) is 12.5 Å². The summed E-state index contributed by atoms with van der Waals surface area (Å²) in [6, 6.07) is 13.0. The number of carbonyl (C=O) groups excluding carboxylic acids is 1. The number of carbonyl (C=O) groups is 2. The normalized spacial score (nSPS) is 11.3. The molecule has 0 radical (unpaired) electrons. The van der Waals surface area contributed by atoms with Crippen LogP contribution in [0.4, 0.5) is 10.5 Å². The predicted molar refractivity (Wildman–Crippen MR) is 133 cm³/mol. The van der Waals surface area contributed by atoms with E-state index < -0.39 is 23.6 Å². The monoisotopic (exact) mass is 493 g/mol. The van der Waals surface area contributed by atoms with E-state index in [4.69, 9.17) is 11.6 Å². The van der Waals surface area contributed by atoms with E-state index in [9.17, 15) is 24.6 Å². The van der Waals surface area contributed by atoms with Crippen LogP contribution in [-0.4, -0.2) is 56.3 Å². The number of aliphatic carboxylic acids is 1. The van der Waals surface area contributed by atoms with Crippen molar-refractivity contribution < 1.29 is 19.8 Å². The topological polar surface area (TPSA) is 121 Å². The van der Waals surface area contributed by atoms with Crippen LogP contribution < -0.4 is 16.2 Å². The number of rotatable bonds is 7. The summed E-state index contributed by atoms with van der Waals surface area (Å²) in [6.45, 7) is 1.59. The first-order chi connectivity index (χ1) is 15.6. The van der Waals surface area contributed by atoms with Gasteiger partial charge >= 0.3 is 41.6 Å². The first kappa shape index (κ1) is 27.5. The van der Waals surface area contributed by atoms with Crippen molar-refractivity contribution in [1.82, 2.24) is 9.88 Å². The summed E-state index contributed by atoms with van der Waals surface area (Å²) in [7, 11) is 1.50. The van der Waals surface area contributed by atoms with Crippen molar-refractivity contribution in [2.75, 3.05) is 5.32 Å². The molecule has 0 aliphatic rings. The number of anilines is 1. The molecule has 1 aromatic heterocycles. The van der Waals surface area contributed by atoms with Crippen molar-refractivity contribution in [2.45, 2.75) is 25.8 Å². The molecule has 8 nitrogen and oxygen atoms in total. The van der Waals surface area contributed by atoms with Crippen molar-refractivity contribution in [3.63, 3.8) is 0 Å². The average Bonchev–Trinajstić information content (AvgIpc) is 2.75. The molecule has 10 heteroatoms. The number of hydrogen-bond donors (Lipinski definition) is 4. The van der Waals surface area contributed by atoms with Crippen molar-refractivity contribution in [3.8, 4) is 5.75 Å². The predicted octanol–water partition coefficient (Wildman–Crippen LogP) is 3.33. The molecule has 2 aromatic carbocycles. The van der Waals surface area contributed by atoms with Crippen molar-refractivity contribution in [2.24, 2.45) is 7.05 Å². The quantitative estimate of drug-likeness (QED) is 0.376. The van der Waals surface area contributed by atoms with E-state index in [0.717, 1.165) is 11.1 Å². The molecule has 1 unspecified atom stereocenters. The van der Waals surface area contributed by atoms with Crippen LogP contribution in [0.3, 0.4) is 0 Å². The minimum absolute atomic E-state index is 0. The number of hydrogen-bond acceptors (Lipinski definition) is 4. The van der Waals surface area contributed by atoms with Crippen molar-refractivity contribution >= 4 is 58.8 Å². The van der Waals surface area contributed by atoms with Gasteiger partial charge in [0.25, 0.3) is 5.56 Å². The number of urea groups is 1. The number of carboxylic acid groups (broad SMARTS) is 1. The molecule has 1 atom stereocenters. The molecule has 3 rings (SSSR count). The Morgan fingerprint density at radius 2 is 1.76 bits per heavy atom. The third kappa shape index (κ3) is 7.11. The molecule has 1 heterocycles. The number of aromatic hydroxyl groups is 1. The van der Waals surface area contributed by atoms with Gasteiger partial charge in [0.15, 0.2) is 5.69 Å². The van der Waals surface area contributed by atoms with Gasteiger partial charge in [0.1, 0.15) is 5.75 Å². The first-order valence-corrected chi connectivity index (χ1v) is 10.5. The fraction of sp³-hybridized carbons (Fsp3) is 0.208. The molecule has 0 spiro atoms. The van der Waals surface area contributed by atoms with Crippen molar-refractivity contribution in [1.29, 1.82) is 0 Å². The van der Waals surface area contributed by atoms with E-state index in [1.165, 1.54) is 17.8 Å². The van der Waals surface area contributed by atoms with Gasteiger partial charge in [-0.25, -0.2) is 4.79 Å². The van der Waals surface area contributed by atoms with Crippen LogP contribution in [0.2, 0.25) is 5.02 Å². The van der Waals surface area contributed by atoms with Gasteiger partial charge in [-0.1, -0.05) is 48.0 Å². The molecule has 0 saturated carbocycles. The minimum atomic E-state index is -1.10. The number of nitrogens with zero attached hydrogens (tertiary/aromatic N) is 1. The number of aromatic nitrogens is 1. The molecule has 0 bridgehead atoms. The second kappa shape index (κ2) is 12.1. The maximum atomic E-state index is 12.6. The molecule has 2 amide bonds. The Labute approximate surface area is 223 Å². The third-order valence-corrected chi connectivity index (χ3v) is 5.34. The number of aryl methyl sites for hydroxylation is 2. The molecule has 3 aromatic rings. The number of halogens is 1. The summed E-state index contributed by atoms with van der Waals surface area (Å²) in [5.41, 5.74) is 2.03. The number of benzene rings is 2. The van der Waals surface area contributed by atoms with Crippen LogP contribution in [0.1, 0.15) is 34.7 Å². The molecule has 34 heavy (non-hydrogen) atoms. The van der Waals surface area contributed by atoms with Crippen LogP contribution >= 0.6 is 11.6 Å². The Kier molecular flexibility index (Phi) is 9.76.